The van der Waals surface area contributed by atoms with Gasteiger partial charge in [0.2, 0.25) is 0 Å². The molecular formula is C8H11N3O3. The molecule has 14 heavy (non-hydrogen) atoms. The molecule has 0 aliphatic rings. The molecule has 0 radical (unpaired) electrons. The van der Waals surface area contributed by atoms with Gasteiger partial charge in [-0.3, -0.25) is 14.7 Å². The van der Waals surface area contributed by atoms with Crippen molar-refractivity contribution in [2.45, 2.75) is 6.42 Å². The van der Waals surface area contributed by atoms with Gasteiger partial charge < -0.3 is 10.0 Å². The van der Waals surface area contributed by atoms with Crippen molar-refractivity contribution in [3.63, 3.8) is 0 Å². The van der Waals surface area contributed by atoms with E-state index in [2.05, 4.69) is 10.2 Å². The predicted octanol–water partition coefficient (Wildman–Crippen LogP) is -0.0436. The lowest BCUT2D eigenvalue weighted by Crippen LogP contribution is -2.29. The van der Waals surface area contributed by atoms with Crippen LogP contribution in [0, 0.1) is 0 Å². The number of hydrogen-bond donors (Lipinski definition) is 2. The van der Waals surface area contributed by atoms with E-state index in [4.69, 9.17) is 5.11 Å². The van der Waals surface area contributed by atoms with E-state index in [1.54, 1.807) is 13.1 Å². The third kappa shape index (κ3) is 2.58. The van der Waals surface area contributed by atoms with Crippen molar-refractivity contribution < 1.29 is 14.7 Å². The Morgan fingerprint density at radius 2 is 2.36 bits per heavy atom. The molecule has 1 heterocycles. The van der Waals surface area contributed by atoms with E-state index in [-0.39, 0.29) is 18.9 Å². The maximum atomic E-state index is 11.5. The fourth-order valence-electron chi connectivity index (χ4n) is 0.946. The van der Waals surface area contributed by atoms with Gasteiger partial charge in [-0.2, -0.15) is 5.10 Å². The van der Waals surface area contributed by atoms with Gasteiger partial charge in [-0.1, -0.05) is 0 Å². The van der Waals surface area contributed by atoms with Crippen LogP contribution in [0.15, 0.2) is 12.3 Å². The number of hydrogen-bond acceptors (Lipinski definition) is 3. The van der Waals surface area contributed by atoms with Crippen molar-refractivity contribution in [1.82, 2.24) is 15.1 Å². The Labute approximate surface area is 80.5 Å². The van der Waals surface area contributed by atoms with E-state index < -0.39 is 5.97 Å². The number of amides is 1. The average Bonchev–Trinajstić information content (AvgIpc) is 2.65. The number of carbonyl (C=O) groups is 2. The van der Waals surface area contributed by atoms with Crippen LogP contribution in [0.1, 0.15) is 16.9 Å². The minimum atomic E-state index is -0.922. The van der Waals surface area contributed by atoms with Crippen LogP contribution in [0.3, 0.4) is 0 Å². The summed E-state index contributed by atoms with van der Waals surface area (Å²) in [6.45, 7) is 0.188. The largest absolute Gasteiger partial charge is 0.481 e. The SMILES string of the molecule is CN(CCC(=O)O)C(=O)c1ccn[nH]1. The van der Waals surface area contributed by atoms with Gasteiger partial charge in [0.25, 0.3) is 5.91 Å². The second kappa shape index (κ2) is 4.40. The van der Waals surface area contributed by atoms with E-state index in [1.165, 1.54) is 11.1 Å². The molecule has 0 unspecified atom stereocenters. The highest BCUT2D eigenvalue weighted by molar-refractivity contribution is 5.92. The number of carbonyl (C=O) groups excluding carboxylic acids is 1. The van der Waals surface area contributed by atoms with Gasteiger partial charge in [-0.05, 0) is 6.07 Å². The lowest BCUT2D eigenvalue weighted by Gasteiger charge is -2.14. The first-order valence-electron chi connectivity index (χ1n) is 4.08. The second-order valence-electron chi connectivity index (χ2n) is 2.84. The molecule has 0 aliphatic carbocycles. The van der Waals surface area contributed by atoms with Crippen molar-refractivity contribution in [2.24, 2.45) is 0 Å². The zero-order chi connectivity index (χ0) is 10.6. The minimum absolute atomic E-state index is 0.0591. The smallest absolute Gasteiger partial charge is 0.305 e. The summed E-state index contributed by atoms with van der Waals surface area (Å²) in [7, 11) is 1.55. The number of aliphatic carboxylic acids is 1. The second-order valence-corrected chi connectivity index (χ2v) is 2.84. The van der Waals surface area contributed by atoms with E-state index in [9.17, 15) is 9.59 Å². The van der Waals surface area contributed by atoms with Crippen LogP contribution >= 0.6 is 0 Å². The standard InChI is InChI=1S/C8H11N3O3/c1-11(5-3-7(12)13)8(14)6-2-4-9-10-6/h2,4H,3,5H2,1H3,(H,9,10)(H,12,13). The molecule has 0 atom stereocenters. The monoisotopic (exact) mass is 197 g/mol. The van der Waals surface area contributed by atoms with E-state index >= 15 is 0 Å². The maximum Gasteiger partial charge on any atom is 0.305 e. The number of nitrogens with zero attached hydrogens (tertiary/aromatic N) is 2. The van der Waals surface area contributed by atoms with Crippen LogP contribution in [0.25, 0.3) is 0 Å². The van der Waals surface area contributed by atoms with Gasteiger partial charge in [0.05, 0.1) is 6.42 Å². The molecule has 0 saturated carbocycles. The Morgan fingerprint density at radius 1 is 1.64 bits per heavy atom. The molecule has 0 saturated heterocycles. The van der Waals surface area contributed by atoms with Gasteiger partial charge in [0, 0.05) is 19.8 Å². The molecule has 2 N–H and O–H groups in total. The fraction of sp³-hybridized carbons (Fsp3) is 0.375. The molecule has 0 bridgehead atoms. The third-order valence-corrected chi connectivity index (χ3v) is 1.74. The number of rotatable bonds is 4. The quantitative estimate of drug-likeness (QED) is 0.708. The van der Waals surface area contributed by atoms with E-state index in [1.807, 2.05) is 0 Å². The summed E-state index contributed by atoms with van der Waals surface area (Å²) >= 11 is 0. The molecule has 1 aromatic heterocycles. The first-order chi connectivity index (χ1) is 6.61. The summed E-state index contributed by atoms with van der Waals surface area (Å²) in [4.78, 5) is 23.1. The molecule has 0 aliphatic heterocycles. The lowest BCUT2D eigenvalue weighted by molar-refractivity contribution is -0.137. The summed E-state index contributed by atoms with van der Waals surface area (Å²) in [5.41, 5.74) is 0.359. The molecule has 0 aromatic carbocycles. The molecule has 0 spiro atoms. The Kier molecular flexibility index (Phi) is 3.22. The van der Waals surface area contributed by atoms with Crippen molar-refractivity contribution in [3.05, 3.63) is 18.0 Å². The summed E-state index contributed by atoms with van der Waals surface area (Å²) in [5.74, 6) is -1.18. The molecule has 1 amide bonds. The molecular weight excluding hydrogens is 186 g/mol. The lowest BCUT2D eigenvalue weighted by atomic mass is 10.3. The Bertz CT molecular complexity index is 321. The normalized spacial score (nSPS) is 9.79. The highest BCUT2D eigenvalue weighted by Crippen LogP contribution is 1.98. The summed E-state index contributed by atoms with van der Waals surface area (Å²) in [6.07, 6.45) is 1.41. The molecule has 1 rings (SSSR count). The van der Waals surface area contributed by atoms with Crippen LogP contribution < -0.4 is 0 Å². The van der Waals surface area contributed by atoms with E-state index in [0.717, 1.165) is 0 Å². The highest BCUT2D eigenvalue weighted by Gasteiger charge is 2.13. The van der Waals surface area contributed by atoms with Gasteiger partial charge >= 0.3 is 5.97 Å². The summed E-state index contributed by atoms with van der Waals surface area (Å²) in [6, 6.07) is 1.54. The number of aromatic amines is 1. The van der Waals surface area contributed by atoms with Crippen molar-refractivity contribution in [1.29, 1.82) is 0 Å². The van der Waals surface area contributed by atoms with Crippen LogP contribution in [0.4, 0.5) is 0 Å². The van der Waals surface area contributed by atoms with Crippen LogP contribution in [-0.2, 0) is 4.79 Å². The first-order valence-corrected chi connectivity index (χ1v) is 4.08. The minimum Gasteiger partial charge on any atom is -0.481 e. The Hall–Kier alpha value is -1.85. The topological polar surface area (TPSA) is 86.3 Å². The van der Waals surface area contributed by atoms with Crippen molar-refractivity contribution in [2.75, 3.05) is 13.6 Å². The molecule has 76 valence electrons. The van der Waals surface area contributed by atoms with E-state index in [0.29, 0.717) is 5.69 Å². The molecule has 6 nitrogen and oxygen atoms in total. The number of H-pyrrole nitrogens is 1. The van der Waals surface area contributed by atoms with Gasteiger partial charge in [-0.25, -0.2) is 0 Å². The number of carboxylic acid groups (broad SMARTS) is 1. The van der Waals surface area contributed by atoms with Crippen LogP contribution in [-0.4, -0.2) is 45.7 Å². The maximum absolute atomic E-state index is 11.5. The third-order valence-electron chi connectivity index (χ3n) is 1.74. The summed E-state index contributed by atoms with van der Waals surface area (Å²) in [5, 5.41) is 14.6. The summed E-state index contributed by atoms with van der Waals surface area (Å²) < 4.78 is 0. The average molecular weight is 197 g/mol. The van der Waals surface area contributed by atoms with Crippen LogP contribution in [0.5, 0.6) is 0 Å². The van der Waals surface area contributed by atoms with Crippen molar-refractivity contribution >= 4 is 11.9 Å². The zero-order valence-electron chi connectivity index (χ0n) is 7.73. The first kappa shape index (κ1) is 10.2. The van der Waals surface area contributed by atoms with Crippen molar-refractivity contribution in [3.8, 4) is 0 Å². The number of carboxylic acids is 1. The Morgan fingerprint density at radius 3 is 2.86 bits per heavy atom. The molecule has 0 fully saturated rings. The Balaban J connectivity index is 2.49. The molecule has 1 aromatic rings. The number of aromatic nitrogens is 2. The van der Waals surface area contributed by atoms with Gasteiger partial charge in [0.1, 0.15) is 5.69 Å². The van der Waals surface area contributed by atoms with Gasteiger partial charge in [-0.15, -0.1) is 0 Å². The van der Waals surface area contributed by atoms with Gasteiger partial charge in [0.15, 0.2) is 0 Å². The zero-order valence-corrected chi connectivity index (χ0v) is 7.73. The predicted molar refractivity (Wildman–Crippen MR) is 47.8 cm³/mol. The number of nitrogens with one attached hydrogen (secondary N) is 1. The fourth-order valence-corrected chi connectivity index (χ4v) is 0.946. The molecule has 6 heteroatoms. The van der Waals surface area contributed by atoms with Crippen LogP contribution in [0.2, 0.25) is 0 Å². The highest BCUT2D eigenvalue weighted by atomic mass is 16.4.